The van der Waals surface area contributed by atoms with Crippen LogP contribution in [0.2, 0.25) is 5.02 Å². The fourth-order valence-electron chi connectivity index (χ4n) is 2.88. The van der Waals surface area contributed by atoms with E-state index in [0.717, 1.165) is 4.47 Å². The Morgan fingerprint density at radius 2 is 1.88 bits per heavy atom. The Balaban J connectivity index is 1.48. The molecule has 9 heteroatoms. The summed E-state index contributed by atoms with van der Waals surface area (Å²) in [4.78, 5) is 29.6. The molecule has 1 aliphatic heterocycles. The molecular weight excluding hydrogens is 526 g/mol. The van der Waals surface area contributed by atoms with Crippen molar-refractivity contribution >= 4 is 73.7 Å². The third-order valence-corrected chi connectivity index (χ3v) is 6.04. The van der Waals surface area contributed by atoms with Crippen molar-refractivity contribution in [2.75, 3.05) is 11.9 Å². The van der Waals surface area contributed by atoms with E-state index in [9.17, 15) is 9.59 Å². The molecule has 0 unspecified atom stereocenters. The highest BCUT2D eigenvalue weighted by atomic mass is 79.9. The van der Waals surface area contributed by atoms with E-state index in [0.29, 0.717) is 37.8 Å². The van der Waals surface area contributed by atoms with Gasteiger partial charge in [-0.25, -0.2) is 4.99 Å². The molecule has 0 bridgehead atoms. The van der Waals surface area contributed by atoms with Gasteiger partial charge in [-0.05, 0) is 72.4 Å². The van der Waals surface area contributed by atoms with Gasteiger partial charge < -0.3 is 15.4 Å². The number of anilines is 1. The number of thioether (sulfide) groups is 1. The predicted octanol–water partition coefficient (Wildman–Crippen LogP) is 6.01. The van der Waals surface area contributed by atoms with Crippen molar-refractivity contribution in [1.82, 2.24) is 5.32 Å². The highest BCUT2D eigenvalue weighted by molar-refractivity contribution is 9.10. The van der Waals surface area contributed by atoms with Gasteiger partial charge in [0.1, 0.15) is 5.75 Å². The second kappa shape index (κ2) is 10.7. The zero-order valence-corrected chi connectivity index (χ0v) is 20.2. The highest BCUT2D eigenvalue weighted by Crippen LogP contribution is 2.32. The van der Waals surface area contributed by atoms with Crippen LogP contribution in [0, 0.1) is 0 Å². The number of amidine groups is 1. The van der Waals surface area contributed by atoms with Gasteiger partial charge in [0.15, 0.2) is 11.8 Å². The molecule has 2 N–H and O–H groups in total. The third kappa shape index (κ3) is 6.47. The highest BCUT2D eigenvalue weighted by Gasteiger charge is 2.24. The Hall–Kier alpha value is -3.07. The number of carbonyl (C=O) groups excluding carboxylic acids is 2. The number of halogens is 2. The normalized spacial score (nSPS) is 15.5. The summed E-state index contributed by atoms with van der Waals surface area (Å²) in [6, 6.07) is 21.5. The second-order valence-electron chi connectivity index (χ2n) is 6.84. The number of amides is 2. The molecule has 3 aromatic rings. The van der Waals surface area contributed by atoms with Crippen molar-refractivity contribution in [3.63, 3.8) is 0 Å². The van der Waals surface area contributed by atoms with E-state index >= 15 is 0 Å². The molecule has 6 nitrogen and oxygen atoms in total. The topological polar surface area (TPSA) is 79.8 Å². The molecule has 2 amide bonds. The molecule has 1 heterocycles. The van der Waals surface area contributed by atoms with E-state index in [-0.39, 0.29) is 18.4 Å². The molecule has 33 heavy (non-hydrogen) atoms. The van der Waals surface area contributed by atoms with Gasteiger partial charge in [0.2, 0.25) is 0 Å². The Bertz CT molecular complexity index is 1250. The molecule has 0 radical (unpaired) electrons. The number of carbonyl (C=O) groups is 2. The summed E-state index contributed by atoms with van der Waals surface area (Å²) in [6.45, 7) is -0.171. The summed E-state index contributed by atoms with van der Waals surface area (Å²) < 4.78 is 6.56. The number of para-hydroxylation sites is 1. The average Bonchev–Trinajstić information content (AvgIpc) is 3.14. The number of ether oxygens (including phenoxy) is 1. The lowest BCUT2D eigenvalue weighted by molar-refractivity contribution is -0.118. The molecule has 1 fully saturated rings. The molecule has 1 saturated heterocycles. The van der Waals surface area contributed by atoms with Crippen LogP contribution in [0.1, 0.15) is 5.56 Å². The van der Waals surface area contributed by atoms with E-state index in [1.54, 1.807) is 48.5 Å². The molecular formula is C24H17BrClN3O3S. The van der Waals surface area contributed by atoms with E-state index < -0.39 is 0 Å². The van der Waals surface area contributed by atoms with Crippen molar-refractivity contribution < 1.29 is 14.3 Å². The summed E-state index contributed by atoms with van der Waals surface area (Å²) in [6.07, 6.45) is 1.71. The molecule has 0 saturated carbocycles. The number of benzene rings is 3. The molecule has 0 aliphatic carbocycles. The lowest BCUT2D eigenvalue weighted by atomic mass is 10.2. The van der Waals surface area contributed by atoms with Gasteiger partial charge in [0.05, 0.1) is 10.6 Å². The largest absolute Gasteiger partial charge is 0.483 e. The minimum Gasteiger partial charge on any atom is -0.483 e. The second-order valence-corrected chi connectivity index (χ2v) is 9.23. The third-order valence-electron chi connectivity index (χ3n) is 4.38. The molecule has 1 aliphatic rings. The first-order valence-electron chi connectivity index (χ1n) is 9.79. The van der Waals surface area contributed by atoms with Gasteiger partial charge in [0, 0.05) is 20.7 Å². The molecule has 0 spiro atoms. The number of rotatable bonds is 6. The monoisotopic (exact) mass is 541 g/mol. The first-order chi connectivity index (χ1) is 16.0. The van der Waals surface area contributed by atoms with E-state index in [2.05, 4.69) is 31.6 Å². The van der Waals surface area contributed by atoms with Crippen molar-refractivity contribution in [2.45, 2.75) is 0 Å². The van der Waals surface area contributed by atoms with Crippen LogP contribution in [0.5, 0.6) is 5.75 Å². The Kier molecular flexibility index (Phi) is 7.49. The van der Waals surface area contributed by atoms with Crippen LogP contribution in [0.25, 0.3) is 6.08 Å². The van der Waals surface area contributed by atoms with Crippen LogP contribution in [-0.2, 0) is 9.59 Å². The summed E-state index contributed by atoms with van der Waals surface area (Å²) in [7, 11) is 0. The Morgan fingerprint density at radius 1 is 1.12 bits per heavy atom. The number of aliphatic imine (C=N–C) groups is 1. The van der Waals surface area contributed by atoms with Crippen molar-refractivity contribution in [2.24, 2.45) is 4.99 Å². The smallest absolute Gasteiger partial charge is 0.264 e. The summed E-state index contributed by atoms with van der Waals surface area (Å²) in [5.41, 5.74) is 2.03. The first kappa shape index (κ1) is 23.1. The summed E-state index contributed by atoms with van der Waals surface area (Å²) in [5, 5.41) is 6.61. The Morgan fingerprint density at radius 3 is 2.64 bits per heavy atom. The van der Waals surface area contributed by atoms with Crippen molar-refractivity contribution in [3.05, 3.63) is 92.8 Å². The number of nitrogens with one attached hydrogen (secondary N) is 2. The van der Waals surface area contributed by atoms with Crippen LogP contribution in [0.4, 0.5) is 11.4 Å². The van der Waals surface area contributed by atoms with Crippen molar-refractivity contribution in [1.29, 1.82) is 0 Å². The van der Waals surface area contributed by atoms with Crippen LogP contribution in [0.3, 0.4) is 0 Å². The quantitative estimate of drug-likeness (QED) is 0.374. The fraction of sp³-hybridized carbons (Fsp3) is 0.0417. The van der Waals surface area contributed by atoms with E-state index in [4.69, 9.17) is 16.3 Å². The zero-order valence-electron chi connectivity index (χ0n) is 17.0. The maximum absolute atomic E-state index is 12.5. The maximum Gasteiger partial charge on any atom is 0.264 e. The number of nitrogens with zero attached hydrogens (tertiary/aromatic N) is 1. The standard InChI is InChI=1S/C24H17BrClN3O3S/c25-16-6-11-20(32-14-22(30)27-18-4-2-1-3-5-18)15(12-16)13-21-23(31)29-24(33-21)28-19-9-7-17(26)8-10-19/h1-13H,14H2,(H,27,30)(H,28,29,31)/b21-13-. The molecule has 0 atom stereocenters. The maximum atomic E-state index is 12.5. The summed E-state index contributed by atoms with van der Waals surface area (Å²) >= 11 is 10.6. The van der Waals surface area contributed by atoms with Crippen LogP contribution in [0.15, 0.2) is 87.2 Å². The zero-order chi connectivity index (χ0) is 23.2. The van der Waals surface area contributed by atoms with Crippen LogP contribution < -0.4 is 15.4 Å². The molecule has 4 rings (SSSR count). The minimum absolute atomic E-state index is 0.171. The van der Waals surface area contributed by atoms with Gasteiger partial charge in [-0.15, -0.1) is 0 Å². The van der Waals surface area contributed by atoms with Gasteiger partial charge in [-0.2, -0.15) is 0 Å². The SMILES string of the molecule is O=C(COc1ccc(Br)cc1/C=C1\SC(=Nc2ccc(Cl)cc2)NC1=O)Nc1ccccc1. The lowest BCUT2D eigenvalue weighted by Crippen LogP contribution is -2.20. The number of hydrogen-bond donors (Lipinski definition) is 2. The minimum atomic E-state index is -0.284. The number of hydrogen-bond acceptors (Lipinski definition) is 5. The van der Waals surface area contributed by atoms with Gasteiger partial charge in [0.25, 0.3) is 11.8 Å². The van der Waals surface area contributed by atoms with E-state index in [1.807, 2.05) is 30.3 Å². The van der Waals surface area contributed by atoms with Gasteiger partial charge in [-0.3, -0.25) is 9.59 Å². The van der Waals surface area contributed by atoms with Crippen LogP contribution >= 0.6 is 39.3 Å². The van der Waals surface area contributed by atoms with Crippen molar-refractivity contribution in [3.8, 4) is 5.75 Å². The van der Waals surface area contributed by atoms with E-state index in [1.165, 1.54) is 11.8 Å². The predicted molar refractivity (Wildman–Crippen MR) is 137 cm³/mol. The fourth-order valence-corrected chi connectivity index (χ4v) is 4.22. The average molecular weight is 543 g/mol. The molecule has 0 aromatic heterocycles. The first-order valence-corrected chi connectivity index (χ1v) is 11.8. The summed E-state index contributed by atoms with van der Waals surface area (Å²) in [5.74, 6) is -0.0704. The molecule has 166 valence electrons. The van der Waals surface area contributed by atoms with Crippen LogP contribution in [-0.4, -0.2) is 23.6 Å². The van der Waals surface area contributed by atoms with Gasteiger partial charge >= 0.3 is 0 Å². The lowest BCUT2D eigenvalue weighted by Gasteiger charge is -2.10. The Labute approximate surface area is 208 Å². The molecule has 3 aromatic carbocycles. The van der Waals surface area contributed by atoms with Gasteiger partial charge in [-0.1, -0.05) is 45.7 Å².